The summed E-state index contributed by atoms with van der Waals surface area (Å²) in [6.07, 6.45) is 3.74. The number of para-hydroxylation sites is 2. The molecule has 0 saturated carbocycles. The van der Waals surface area contributed by atoms with Gasteiger partial charge in [-0.1, -0.05) is 42.5 Å². The Labute approximate surface area is 135 Å². The number of rotatable bonds is 3. The Kier molecular flexibility index (Phi) is 3.49. The maximum absolute atomic E-state index is 4.24. The SMILES string of the molecule is c1ccc(N(c2ccccc2)c2ccc3ccncc3c2)cc1. The zero-order valence-corrected chi connectivity index (χ0v) is 12.6. The summed E-state index contributed by atoms with van der Waals surface area (Å²) in [6.45, 7) is 0. The molecule has 3 aromatic carbocycles. The predicted octanol–water partition coefficient (Wildman–Crippen LogP) is 5.70. The van der Waals surface area contributed by atoms with Crippen LogP contribution in [0.2, 0.25) is 0 Å². The molecule has 0 atom stereocenters. The third-order valence-corrected chi connectivity index (χ3v) is 3.91. The number of pyridine rings is 1. The largest absolute Gasteiger partial charge is 0.310 e. The lowest BCUT2D eigenvalue weighted by Gasteiger charge is -2.25. The molecule has 23 heavy (non-hydrogen) atoms. The molecule has 2 nitrogen and oxygen atoms in total. The van der Waals surface area contributed by atoms with E-state index in [2.05, 4.69) is 76.6 Å². The fraction of sp³-hybridized carbons (Fsp3) is 0. The molecule has 0 aliphatic rings. The maximum atomic E-state index is 4.24. The van der Waals surface area contributed by atoms with Crippen molar-refractivity contribution in [2.75, 3.05) is 4.90 Å². The van der Waals surface area contributed by atoms with Gasteiger partial charge in [-0.3, -0.25) is 4.98 Å². The number of aromatic nitrogens is 1. The quantitative estimate of drug-likeness (QED) is 0.482. The van der Waals surface area contributed by atoms with Crippen molar-refractivity contribution in [3.63, 3.8) is 0 Å². The second-order valence-electron chi connectivity index (χ2n) is 5.41. The summed E-state index contributed by atoms with van der Waals surface area (Å²) < 4.78 is 0. The van der Waals surface area contributed by atoms with E-state index in [1.54, 1.807) is 0 Å². The Morgan fingerprint density at radius 1 is 0.565 bits per heavy atom. The van der Waals surface area contributed by atoms with Gasteiger partial charge in [0.15, 0.2) is 0 Å². The zero-order chi connectivity index (χ0) is 15.5. The molecule has 0 aliphatic carbocycles. The first-order valence-electron chi connectivity index (χ1n) is 7.66. The highest BCUT2D eigenvalue weighted by Gasteiger charge is 2.11. The van der Waals surface area contributed by atoms with Crippen molar-refractivity contribution >= 4 is 27.8 Å². The van der Waals surface area contributed by atoms with Crippen LogP contribution in [0.1, 0.15) is 0 Å². The van der Waals surface area contributed by atoms with Crippen molar-refractivity contribution in [2.45, 2.75) is 0 Å². The van der Waals surface area contributed by atoms with Gasteiger partial charge >= 0.3 is 0 Å². The second kappa shape index (κ2) is 5.93. The highest BCUT2D eigenvalue weighted by Crippen LogP contribution is 2.35. The van der Waals surface area contributed by atoms with E-state index < -0.39 is 0 Å². The Morgan fingerprint density at radius 2 is 1.22 bits per heavy atom. The molecule has 110 valence electrons. The third-order valence-electron chi connectivity index (χ3n) is 3.91. The van der Waals surface area contributed by atoms with E-state index >= 15 is 0 Å². The van der Waals surface area contributed by atoms with Crippen LogP contribution in [-0.2, 0) is 0 Å². The van der Waals surface area contributed by atoms with Crippen LogP contribution in [0.15, 0.2) is 97.3 Å². The molecular formula is C21H16N2. The number of anilines is 3. The lowest BCUT2D eigenvalue weighted by atomic mass is 10.1. The summed E-state index contributed by atoms with van der Waals surface area (Å²) in [7, 11) is 0. The molecule has 0 saturated heterocycles. The van der Waals surface area contributed by atoms with Crippen LogP contribution in [0.4, 0.5) is 17.1 Å². The van der Waals surface area contributed by atoms with Gasteiger partial charge in [0, 0.05) is 34.8 Å². The van der Waals surface area contributed by atoms with Gasteiger partial charge in [-0.2, -0.15) is 0 Å². The molecule has 0 radical (unpaired) electrons. The van der Waals surface area contributed by atoms with Crippen LogP contribution >= 0.6 is 0 Å². The minimum Gasteiger partial charge on any atom is -0.310 e. The number of fused-ring (bicyclic) bond motifs is 1. The molecular weight excluding hydrogens is 280 g/mol. The van der Waals surface area contributed by atoms with E-state index in [0.717, 1.165) is 22.4 Å². The van der Waals surface area contributed by atoms with Crippen LogP contribution in [0.3, 0.4) is 0 Å². The minimum atomic E-state index is 1.13. The second-order valence-corrected chi connectivity index (χ2v) is 5.41. The van der Waals surface area contributed by atoms with Gasteiger partial charge in [-0.15, -0.1) is 0 Å². The van der Waals surface area contributed by atoms with E-state index in [9.17, 15) is 0 Å². The van der Waals surface area contributed by atoms with Gasteiger partial charge in [0.25, 0.3) is 0 Å². The molecule has 0 bridgehead atoms. The predicted molar refractivity (Wildman–Crippen MR) is 96.4 cm³/mol. The lowest BCUT2D eigenvalue weighted by Crippen LogP contribution is -2.09. The van der Waals surface area contributed by atoms with Crippen molar-refractivity contribution in [3.8, 4) is 0 Å². The number of benzene rings is 3. The van der Waals surface area contributed by atoms with Gasteiger partial charge in [-0.25, -0.2) is 0 Å². The van der Waals surface area contributed by atoms with E-state index in [-0.39, 0.29) is 0 Å². The maximum Gasteiger partial charge on any atom is 0.0468 e. The number of hydrogen-bond donors (Lipinski definition) is 0. The molecule has 1 heterocycles. The van der Waals surface area contributed by atoms with Gasteiger partial charge in [0.05, 0.1) is 0 Å². The average molecular weight is 296 g/mol. The Balaban J connectivity index is 1.90. The normalized spacial score (nSPS) is 10.6. The monoisotopic (exact) mass is 296 g/mol. The number of hydrogen-bond acceptors (Lipinski definition) is 2. The summed E-state index contributed by atoms with van der Waals surface area (Å²) in [4.78, 5) is 6.50. The van der Waals surface area contributed by atoms with Crippen molar-refractivity contribution in [1.29, 1.82) is 0 Å². The Bertz CT molecular complexity index is 878. The van der Waals surface area contributed by atoms with Gasteiger partial charge in [0.1, 0.15) is 0 Å². The van der Waals surface area contributed by atoms with Crippen LogP contribution in [0.25, 0.3) is 10.8 Å². The molecule has 0 aliphatic heterocycles. The van der Waals surface area contributed by atoms with Gasteiger partial charge < -0.3 is 4.90 Å². The van der Waals surface area contributed by atoms with E-state index in [1.165, 1.54) is 5.39 Å². The summed E-state index contributed by atoms with van der Waals surface area (Å²) in [6, 6.07) is 29.4. The molecule has 2 heteroatoms. The highest BCUT2D eigenvalue weighted by atomic mass is 15.1. The fourth-order valence-electron chi connectivity index (χ4n) is 2.81. The van der Waals surface area contributed by atoms with E-state index in [1.807, 2.05) is 30.6 Å². The summed E-state index contributed by atoms with van der Waals surface area (Å²) >= 11 is 0. The van der Waals surface area contributed by atoms with Crippen LogP contribution in [-0.4, -0.2) is 4.98 Å². The third kappa shape index (κ3) is 2.67. The topological polar surface area (TPSA) is 16.1 Å². The first-order valence-corrected chi connectivity index (χ1v) is 7.66. The highest BCUT2D eigenvalue weighted by molar-refractivity contribution is 5.88. The molecule has 0 amide bonds. The van der Waals surface area contributed by atoms with Crippen LogP contribution in [0.5, 0.6) is 0 Å². The van der Waals surface area contributed by atoms with Gasteiger partial charge in [0.2, 0.25) is 0 Å². The molecule has 1 aromatic heterocycles. The fourth-order valence-corrected chi connectivity index (χ4v) is 2.81. The molecule has 0 fully saturated rings. The first kappa shape index (κ1) is 13.5. The Hall–Kier alpha value is -3.13. The number of nitrogens with zero attached hydrogens (tertiary/aromatic N) is 2. The molecule has 0 unspecified atom stereocenters. The Morgan fingerprint density at radius 3 is 1.87 bits per heavy atom. The van der Waals surface area contributed by atoms with Crippen molar-refractivity contribution in [1.82, 2.24) is 4.98 Å². The average Bonchev–Trinajstić information content (AvgIpc) is 2.64. The van der Waals surface area contributed by atoms with Crippen molar-refractivity contribution in [3.05, 3.63) is 97.3 Å². The zero-order valence-electron chi connectivity index (χ0n) is 12.6. The molecule has 4 aromatic rings. The smallest absolute Gasteiger partial charge is 0.0468 e. The van der Waals surface area contributed by atoms with E-state index in [0.29, 0.717) is 0 Å². The van der Waals surface area contributed by atoms with Crippen LogP contribution < -0.4 is 4.90 Å². The van der Waals surface area contributed by atoms with E-state index in [4.69, 9.17) is 0 Å². The minimum absolute atomic E-state index is 1.13. The lowest BCUT2D eigenvalue weighted by molar-refractivity contribution is 1.28. The standard InChI is InChI=1S/C21H16N2/c1-3-7-19(8-4-1)23(20-9-5-2-6-10-20)21-12-11-17-13-14-22-16-18(17)15-21/h1-16H. The van der Waals surface area contributed by atoms with Crippen molar-refractivity contribution in [2.24, 2.45) is 0 Å². The molecule has 0 N–H and O–H groups in total. The van der Waals surface area contributed by atoms with Crippen LogP contribution in [0, 0.1) is 0 Å². The summed E-state index contributed by atoms with van der Waals surface area (Å²) in [5.74, 6) is 0. The summed E-state index contributed by atoms with van der Waals surface area (Å²) in [5, 5.41) is 2.34. The van der Waals surface area contributed by atoms with Gasteiger partial charge in [-0.05, 0) is 47.9 Å². The van der Waals surface area contributed by atoms with Crippen molar-refractivity contribution < 1.29 is 0 Å². The molecule has 0 spiro atoms. The summed E-state index contributed by atoms with van der Waals surface area (Å²) in [5.41, 5.74) is 3.41. The molecule has 4 rings (SSSR count). The first-order chi connectivity index (χ1) is 11.4.